The lowest BCUT2D eigenvalue weighted by Gasteiger charge is -2.37. The molecule has 0 atom stereocenters. The first kappa shape index (κ1) is 24.4. The lowest BCUT2D eigenvalue weighted by atomic mass is 9.91. The van der Waals surface area contributed by atoms with Crippen LogP contribution in [0.3, 0.4) is 0 Å². The van der Waals surface area contributed by atoms with Crippen molar-refractivity contribution in [1.82, 2.24) is 9.47 Å². The largest absolute Gasteiger partial charge is 0.294 e. The van der Waals surface area contributed by atoms with Crippen LogP contribution < -0.4 is 5.56 Å². The van der Waals surface area contributed by atoms with E-state index in [-0.39, 0.29) is 11.2 Å². The first-order chi connectivity index (χ1) is 17.1. The van der Waals surface area contributed by atoms with Crippen LogP contribution in [-0.2, 0) is 0 Å². The molecule has 0 aliphatic carbocycles. The topological polar surface area (TPSA) is 25.2 Å². The SMILES string of the molecule is CC(C)(C)N1CC=C(c2cc(-c3ccccc3Cl)c3ccc(=O)n(-c4c(F)cccc4F)c3c2)CC1. The summed E-state index contributed by atoms with van der Waals surface area (Å²) < 4.78 is 30.9. The van der Waals surface area contributed by atoms with E-state index in [9.17, 15) is 13.6 Å². The first-order valence-electron chi connectivity index (χ1n) is 12.0. The molecule has 2 heterocycles. The van der Waals surface area contributed by atoms with Gasteiger partial charge in [0.25, 0.3) is 5.56 Å². The molecule has 0 unspecified atom stereocenters. The number of hydrogen-bond acceptors (Lipinski definition) is 2. The summed E-state index contributed by atoms with van der Waals surface area (Å²) in [6.45, 7) is 8.26. The molecule has 0 N–H and O–H groups in total. The summed E-state index contributed by atoms with van der Waals surface area (Å²) >= 11 is 6.60. The fraction of sp³-hybridized carbons (Fsp3) is 0.233. The molecule has 4 aromatic rings. The summed E-state index contributed by atoms with van der Waals surface area (Å²) in [5, 5.41) is 1.24. The summed E-state index contributed by atoms with van der Waals surface area (Å²) in [6, 6.07) is 18.1. The second-order valence-electron chi connectivity index (χ2n) is 10.1. The van der Waals surface area contributed by atoms with E-state index >= 15 is 0 Å². The molecule has 0 radical (unpaired) electrons. The van der Waals surface area contributed by atoms with Gasteiger partial charge < -0.3 is 0 Å². The van der Waals surface area contributed by atoms with Gasteiger partial charge in [0, 0.05) is 40.7 Å². The second-order valence-corrected chi connectivity index (χ2v) is 10.5. The third kappa shape index (κ3) is 4.38. The quantitative estimate of drug-likeness (QED) is 0.289. The van der Waals surface area contributed by atoms with Crippen LogP contribution >= 0.6 is 11.6 Å². The highest BCUT2D eigenvalue weighted by Gasteiger charge is 2.24. The van der Waals surface area contributed by atoms with Gasteiger partial charge in [0.15, 0.2) is 0 Å². The number of rotatable bonds is 3. The normalized spacial score (nSPS) is 14.8. The molecular formula is C30H27ClF2N2O. The lowest BCUT2D eigenvalue weighted by Crippen LogP contribution is -2.43. The molecule has 0 saturated carbocycles. The van der Waals surface area contributed by atoms with Crippen LogP contribution in [0, 0.1) is 11.6 Å². The molecule has 0 saturated heterocycles. The molecule has 1 aliphatic rings. The summed E-state index contributed by atoms with van der Waals surface area (Å²) in [6.07, 6.45) is 3.01. The average molecular weight is 505 g/mol. The Morgan fingerprint density at radius 2 is 1.61 bits per heavy atom. The zero-order valence-electron chi connectivity index (χ0n) is 20.5. The van der Waals surface area contributed by atoms with Gasteiger partial charge >= 0.3 is 0 Å². The van der Waals surface area contributed by atoms with E-state index in [1.54, 1.807) is 6.07 Å². The molecule has 3 nitrogen and oxygen atoms in total. The standard InChI is InChI=1S/C30H27ClF2N2O/c1-30(2,3)34-15-13-19(14-16-34)20-17-23(21-7-4-5-8-24(21)31)22-11-12-28(36)35(27(22)18-20)29-25(32)9-6-10-26(29)33/h4-13,17-18H,14-16H2,1-3H3. The summed E-state index contributed by atoms with van der Waals surface area (Å²) in [5.41, 5.74) is 3.22. The minimum absolute atomic E-state index is 0.0526. The minimum atomic E-state index is -0.799. The Morgan fingerprint density at radius 1 is 0.889 bits per heavy atom. The van der Waals surface area contributed by atoms with Crippen molar-refractivity contribution in [3.63, 3.8) is 0 Å². The van der Waals surface area contributed by atoms with Gasteiger partial charge in [-0.3, -0.25) is 14.3 Å². The van der Waals surface area contributed by atoms with Crippen LogP contribution in [0.1, 0.15) is 32.8 Å². The van der Waals surface area contributed by atoms with Crippen molar-refractivity contribution < 1.29 is 8.78 Å². The molecule has 0 bridgehead atoms. The number of benzene rings is 3. The van der Waals surface area contributed by atoms with Crippen LogP contribution in [0.25, 0.3) is 33.3 Å². The fourth-order valence-electron chi connectivity index (χ4n) is 4.91. The molecule has 1 aliphatic heterocycles. The first-order valence-corrected chi connectivity index (χ1v) is 12.4. The van der Waals surface area contributed by atoms with Crippen LogP contribution in [0.4, 0.5) is 8.78 Å². The van der Waals surface area contributed by atoms with E-state index in [0.717, 1.165) is 58.5 Å². The summed E-state index contributed by atoms with van der Waals surface area (Å²) in [7, 11) is 0. The van der Waals surface area contributed by atoms with Crippen LogP contribution in [0.2, 0.25) is 5.02 Å². The highest BCUT2D eigenvalue weighted by Crippen LogP contribution is 2.38. The fourth-order valence-corrected chi connectivity index (χ4v) is 5.15. The molecule has 0 fully saturated rings. The van der Waals surface area contributed by atoms with E-state index in [0.29, 0.717) is 15.9 Å². The Morgan fingerprint density at radius 3 is 2.25 bits per heavy atom. The van der Waals surface area contributed by atoms with Crippen LogP contribution in [0.15, 0.2) is 77.6 Å². The second kappa shape index (κ2) is 9.30. The van der Waals surface area contributed by atoms with Crippen molar-refractivity contribution in [3.05, 3.63) is 105 Å². The average Bonchev–Trinajstić information content (AvgIpc) is 2.84. The van der Waals surface area contributed by atoms with Crippen molar-refractivity contribution >= 4 is 28.1 Å². The monoisotopic (exact) mass is 504 g/mol. The van der Waals surface area contributed by atoms with E-state index < -0.39 is 17.2 Å². The maximum atomic E-state index is 14.9. The van der Waals surface area contributed by atoms with Crippen LogP contribution in [0.5, 0.6) is 0 Å². The van der Waals surface area contributed by atoms with Gasteiger partial charge in [0.1, 0.15) is 17.3 Å². The molecular weight excluding hydrogens is 478 g/mol. The van der Waals surface area contributed by atoms with Gasteiger partial charge in [-0.15, -0.1) is 0 Å². The number of pyridine rings is 1. The predicted octanol–water partition coefficient (Wildman–Crippen LogP) is 7.48. The minimum Gasteiger partial charge on any atom is -0.294 e. The summed E-state index contributed by atoms with van der Waals surface area (Å²) in [4.78, 5) is 15.5. The van der Waals surface area contributed by atoms with Crippen molar-refractivity contribution in [3.8, 4) is 16.8 Å². The van der Waals surface area contributed by atoms with E-state index in [1.807, 2.05) is 30.3 Å². The van der Waals surface area contributed by atoms with Crippen LogP contribution in [-0.4, -0.2) is 28.1 Å². The van der Waals surface area contributed by atoms with Gasteiger partial charge in [0.05, 0.1) is 5.52 Å². The van der Waals surface area contributed by atoms with Crippen molar-refractivity contribution in [1.29, 1.82) is 0 Å². The molecule has 0 amide bonds. The molecule has 0 spiro atoms. The molecule has 1 aromatic heterocycles. The van der Waals surface area contributed by atoms with E-state index in [4.69, 9.17) is 11.6 Å². The van der Waals surface area contributed by atoms with Gasteiger partial charge in [-0.25, -0.2) is 8.78 Å². The highest BCUT2D eigenvalue weighted by atomic mass is 35.5. The number of hydrogen-bond donors (Lipinski definition) is 0. The summed E-state index contributed by atoms with van der Waals surface area (Å²) in [5.74, 6) is -1.60. The van der Waals surface area contributed by atoms with E-state index in [2.05, 4.69) is 37.8 Å². The number of aromatic nitrogens is 1. The zero-order chi connectivity index (χ0) is 25.6. The third-order valence-corrected chi connectivity index (χ3v) is 7.20. The van der Waals surface area contributed by atoms with E-state index in [1.165, 1.54) is 12.1 Å². The van der Waals surface area contributed by atoms with Gasteiger partial charge in [-0.2, -0.15) is 0 Å². The maximum absolute atomic E-state index is 14.9. The smallest absolute Gasteiger partial charge is 0.255 e. The molecule has 5 rings (SSSR count). The van der Waals surface area contributed by atoms with Gasteiger partial charge in [0.2, 0.25) is 0 Å². The predicted molar refractivity (Wildman–Crippen MR) is 144 cm³/mol. The molecule has 3 aromatic carbocycles. The third-order valence-electron chi connectivity index (χ3n) is 6.87. The highest BCUT2D eigenvalue weighted by molar-refractivity contribution is 6.33. The number of nitrogens with zero attached hydrogens (tertiary/aromatic N) is 2. The molecule has 6 heteroatoms. The van der Waals surface area contributed by atoms with Gasteiger partial charge in [-0.1, -0.05) is 41.9 Å². The van der Waals surface area contributed by atoms with Crippen molar-refractivity contribution in [2.24, 2.45) is 0 Å². The molecule has 184 valence electrons. The van der Waals surface area contributed by atoms with Crippen molar-refractivity contribution in [2.75, 3.05) is 13.1 Å². The Kier molecular flexibility index (Phi) is 6.31. The number of halogens is 3. The number of fused-ring (bicyclic) bond motifs is 1. The Bertz CT molecular complexity index is 1550. The maximum Gasteiger partial charge on any atom is 0.255 e. The number of para-hydroxylation sites is 1. The zero-order valence-corrected chi connectivity index (χ0v) is 21.2. The lowest BCUT2D eigenvalue weighted by molar-refractivity contribution is 0.153. The molecule has 36 heavy (non-hydrogen) atoms. The Balaban J connectivity index is 1.82. The Hall–Kier alpha value is -3.28. The van der Waals surface area contributed by atoms with Crippen molar-refractivity contribution in [2.45, 2.75) is 32.7 Å². The Labute approximate surface area is 214 Å². The van der Waals surface area contributed by atoms with Gasteiger partial charge in [-0.05, 0) is 80.3 Å².